The van der Waals surface area contributed by atoms with Crippen LogP contribution in [0.3, 0.4) is 0 Å². The number of amides is 1. The second-order valence-corrected chi connectivity index (χ2v) is 10.6. The Hall–Kier alpha value is -3.44. The lowest BCUT2D eigenvalue weighted by Gasteiger charge is -2.34. The van der Waals surface area contributed by atoms with Gasteiger partial charge in [-0.15, -0.1) is 0 Å². The van der Waals surface area contributed by atoms with Gasteiger partial charge in [0.2, 0.25) is 5.89 Å². The number of carbonyl (C=O) groups is 3. The molecular weight excluding hydrogens is 544 g/mol. The number of fused-ring (bicyclic) bond motifs is 2. The molecule has 0 unspecified atom stereocenters. The van der Waals surface area contributed by atoms with Crippen LogP contribution in [0.1, 0.15) is 76.8 Å². The van der Waals surface area contributed by atoms with Crippen molar-refractivity contribution in [2.45, 2.75) is 102 Å². The fourth-order valence-electron chi connectivity index (χ4n) is 5.11. The smallest absolute Gasteiger partial charge is 0.407 e. The standard InChI is InChI=1S/C31H44N2O9/c1-5-9-23-16-24(37-3)14-21(2)15-25-17-26(18-27(40-25)19-30(35)41-23)42-29(34)12-7-6-10-22-20-39-28(33-22)11-8-13-32-31(36)38-4/h7-8,11-12,15,20,23-27H,5-6,9-10,13-14,16-19H2,1-4H3,(H,32,36)/b11-8+,12-7+,21-15-/t23-,24-,25-,26+,27+/m0/s1. The molecule has 0 spiro atoms. The molecule has 0 aliphatic carbocycles. The monoisotopic (exact) mass is 588 g/mol. The third-order valence-corrected chi connectivity index (χ3v) is 7.05. The Morgan fingerprint density at radius 3 is 2.74 bits per heavy atom. The minimum atomic E-state index is -0.516. The fraction of sp³-hybridized carbons (Fsp3) is 0.613. The van der Waals surface area contributed by atoms with Gasteiger partial charge in [0.25, 0.3) is 0 Å². The van der Waals surface area contributed by atoms with Crippen LogP contribution in [0.4, 0.5) is 4.79 Å². The van der Waals surface area contributed by atoms with E-state index in [-0.39, 0.29) is 43.4 Å². The van der Waals surface area contributed by atoms with Gasteiger partial charge < -0.3 is 33.4 Å². The lowest BCUT2D eigenvalue weighted by atomic mass is 9.95. The molecule has 2 bridgehead atoms. The van der Waals surface area contributed by atoms with Gasteiger partial charge in [-0.3, -0.25) is 4.79 Å². The highest BCUT2D eigenvalue weighted by Crippen LogP contribution is 2.29. The Balaban J connectivity index is 1.51. The van der Waals surface area contributed by atoms with E-state index >= 15 is 0 Å². The minimum absolute atomic E-state index is 0.0567. The quantitative estimate of drug-likeness (QED) is 0.165. The molecule has 42 heavy (non-hydrogen) atoms. The summed E-state index contributed by atoms with van der Waals surface area (Å²) in [6.07, 6.45) is 13.6. The summed E-state index contributed by atoms with van der Waals surface area (Å²) < 4.78 is 33.3. The highest BCUT2D eigenvalue weighted by atomic mass is 16.6. The zero-order valence-corrected chi connectivity index (χ0v) is 25.0. The number of aryl methyl sites for hydroxylation is 1. The maximum absolute atomic E-state index is 12.8. The second-order valence-electron chi connectivity index (χ2n) is 10.6. The van der Waals surface area contributed by atoms with E-state index in [4.69, 9.17) is 23.4 Å². The van der Waals surface area contributed by atoms with Crippen molar-refractivity contribution < 1.29 is 42.5 Å². The molecule has 1 N–H and O–H groups in total. The van der Waals surface area contributed by atoms with Gasteiger partial charge in [0, 0.05) is 39.0 Å². The Bertz CT molecular complexity index is 1110. The number of oxazole rings is 1. The molecule has 1 aromatic rings. The Morgan fingerprint density at radius 2 is 1.98 bits per heavy atom. The summed E-state index contributed by atoms with van der Waals surface area (Å²) in [5.74, 6) is -0.320. The van der Waals surface area contributed by atoms with Gasteiger partial charge in [0.15, 0.2) is 0 Å². The van der Waals surface area contributed by atoms with Crippen molar-refractivity contribution in [2.75, 3.05) is 20.8 Å². The van der Waals surface area contributed by atoms with Crippen molar-refractivity contribution >= 4 is 24.1 Å². The number of rotatable bonds is 11. The Kier molecular flexibility index (Phi) is 13.8. The highest BCUT2D eigenvalue weighted by molar-refractivity contribution is 5.82. The first kappa shape index (κ1) is 33.1. The first-order valence-corrected chi connectivity index (χ1v) is 14.6. The van der Waals surface area contributed by atoms with Gasteiger partial charge in [-0.05, 0) is 38.7 Å². The van der Waals surface area contributed by atoms with E-state index < -0.39 is 18.2 Å². The van der Waals surface area contributed by atoms with Crippen molar-refractivity contribution in [2.24, 2.45) is 0 Å². The van der Waals surface area contributed by atoms with Gasteiger partial charge in [-0.2, -0.15) is 0 Å². The van der Waals surface area contributed by atoms with Crippen LogP contribution in [0.2, 0.25) is 0 Å². The van der Waals surface area contributed by atoms with Gasteiger partial charge in [0.1, 0.15) is 18.5 Å². The fourth-order valence-corrected chi connectivity index (χ4v) is 5.11. The maximum atomic E-state index is 12.8. The molecule has 1 aromatic heterocycles. The molecule has 3 heterocycles. The lowest BCUT2D eigenvalue weighted by molar-refractivity contribution is -0.163. The van der Waals surface area contributed by atoms with Crippen LogP contribution in [0.5, 0.6) is 0 Å². The molecule has 232 valence electrons. The average molecular weight is 589 g/mol. The molecule has 1 amide bonds. The highest BCUT2D eigenvalue weighted by Gasteiger charge is 2.33. The summed E-state index contributed by atoms with van der Waals surface area (Å²) in [7, 11) is 2.98. The zero-order chi connectivity index (χ0) is 30.3. The largest absolute Gasteiger partial charge is 0.462 e. The van der Waals surface area contributed by atoms with Crippen LogP contribution in [-0.4, -0.2) is 74.3 Å². The summed E-state index contributed by atoms with van der Waals surface area (Å²) >= 11 is 0. The van der Waals surface area contributed by atoms with Crippen LogP contribution in [0.15, 0.2) is 40.6 Å². The van der Waals surface area contributed by atoms with E-state index in [0.717, 1.165) is 24.1 Å². The molecule has 11 heteroatoms. The number of nitrogens with zero attached hydrogens (tertiary/aromatic N) is 1. The predicted octanol–water partition coefficient (Wildman–Crippen LogP) is 4.85. The third-order valence-electron chi connectivity index (χ3n) is 7.05. The summed E-state index contributed by atoms with van der Waals surface area (Å²) in [4.78, 5) is 40.8. The summed E-state index contributed by atoms with van der Waals surface area (Å²) in [6, 6.07) is 0. The molecule has 0 saturated carbocycles. The zero-order valence-electron chi connectivity index (χ0n) is 25.0. The van der Waals surface area contributed by atoms with E-state index in [1.807, 2.05) is 6.92 Å². The molecular formula is C31H44N2O9. The van der Waals surface area contributed by atoms with Crippen molar-refractivity contribution in [3.8, 4) is 0 Å². The topological polar surface area (TPSA) is 135 Å². The number of esters is 2. The second kappa shape index (κ2) is 17.5. The number of aromatic nitrogens is 1. The number of allylic oxidation sites excluding steroid dienone is 1. The first-order valence-electron chi connectivity index (χ1n) is 14.6. The molecule has 2 aliphatic rings. The molecule has 3 rings (SSSR count). The van der Waals surface area contributed by atoms with Crippen molar-refractivity contribution in [3.63, 3.8) is 0 Å². The molecule has 1 saturated heterocycles. The van der Waals surface area contributed by atoms with Crippen molar-refractivity contribution in [1.29, 1.82) is 0 Å². The number of nitrogens with one attached hydrogen (secondary N) is 1. The van der Waals surface area contributed by atoms with Crippen molar-refractivity contribution in [1.82, 2.24) is 10.3 Å². The molecule has 0 radical (unpaired) electrons. The van der Waals surface area contributed by atoms with Gasteiger partial charge >= 0.3 is 18.0 Å². The SMILES string of the molecule is CCC[C@H]1C[C@@H](OC)C/C(C)=C\[C@H]2C[C@@H](OC(=O)/C=C/CCc3coc(/C=C/CNC(=O)OC)n3)C[C@H](CC(=O)O1)O2. The summed E-state index contributed by atoms with van der Waals surface area (Å²) in [6.45, 7) is 4.40. The van der Waals surface area contributed by atoms with Crippen LogP contribution in [0.25, 0.3) is 6.08 Å². The number of ether oxygens (including phenoxy) is 5. The predicted molar refractivity (Wildman–Crippen MR) is 154 cm³/mol. The van der Waals surface area contributed by atoms with E-state index in [1.54, 1.807) is 31.6 Å². The van der Waals surface area contributed by atoms with Gasteiger partial charge in [-0.1, -0.05) is 37.1 Å². The van der Waals surface area contributed by atoms with Crippen LogP contribution >= 0.6 is 0 Å². The molecule has 11 nitrogen and oxygen atoms in total. The minimum Gasteiger partial charge on any atom is -0.462 e. The Labute approximate surface area is 247 Å². The maximum Gasteiger partial charge on any atom is 0.407 e. The van der Waals surface area contributed by atoms with Gasteiger partial charge in [0.05, 0.1) is 37.5 Å². The first-order chi connectivity index (χ1) is 20.3. The molecule has 1 fully saturated rings. The third kappa shape index (κ3) is 11.8. The average Bonchev–Trinajstić information content (AvgIpc) is 3.39. The van der Waals surface area contributed by atoms with E-state index in [9.17, 15) is 14.4 Å². The van der Waals surface area contributed by atoms with Crippen LogP contribution in [-0.2, 0) is 39.7 Å². The normalized spacial score (nSPS) is 26.5. The lowest BCUT2D eigenvalue weighted by Crippen LogP contribution is -2.39. The van der Waals surface area contributed by atoms with E-state index in [2.05, 4.69) is 28.0 Å². The molecule has 0 aromatic carbocycles. The number of carbonyl (C=O) groups excluding carboxylic acids is 3. The van der Waals surface area contributed by atoms with Crippen LogP contribution < -0.4 is 5.32 Å². The summed E-state index contributed by atoms with van der Waals surface area (Å²) in [5, 5.41) is 2.53. The Morgan fingerprint density at radius 1 is 1.14 bits per heavy atom. The van der Waals surface area contributed by atoms with E-state index in [0.29, 0.717) is 44.4 Å². The van der Waals surface area contributed by atoms with Gasteiger partial charge in [-0.25, -0.2) is 14.6 Å². The van der Waals surface area contributed by atoms with Crippen LogP contribution in [0, 0.1) is 0 Å². The molecule has 2 aliphatic heterocycles. The van der Waals surface area contributed by atoms with Crippen molar-refractivity contribution in [3.05, 3.63) is 47.7 Å². The van der Waals surface area contributed by atoms with E-state index in [1.165, 1.54) is 13.2 Å². The summed E-state index contributed by atoms with van der Waals surface area (Å²) in [5.41, 5.74) is 1.87. The number of alkyl carbamates (subject to hydrolysis) is 1. The number of cyclic esters (lactones) is 1. The molecule has 5 atom stereocenters. The number of methoxy groups -OCH3 is 2. The number of hydrogen-bond acceptors (Lipinski definition) is 10. The number of hydrogen-bond donors (Lipinski definition) is 1.